The maximum absolute atomic E-state index is 13.0. The van der Waals surface area contributed by atoms with Gasteiger partial charge in [-0.05, 0) is 24.3 Å². The molecule has 23 heavy (non-hydrogen) atoms. The Morgan fingerprint density at radius 2 is 2.04 bits per heavy atom. The lowest BCUT2D eigenvalue weighted by atomic mass is 10.3. The summed E-state index contributed by atoms with van der Waals surface area (Å²) in [7, 11) is 0. The number of carbonyl (C=O) groups excluding carboxylic acids is 2. The SMILES string of the molecule is O=C(COC(=O)Cn1ccccc1=O)Nc1ccc(F)c(Cl)c1. The quantitative estimate of drug-likeness (QED) is 0.844. The van der Waals surface area contributed by atoms with Crippen molar-refractivity contribution in [2.45, 2.75) is 6.54 Å². The highest BCUT2D eigenvalue weighted by Gasteiger charge is 2.10. The topological polar surface area (TPSA) is 77.4 Å². The van der Waals surface area contributed by atoms with Crippen molar-refractivity contribution >= 4 is 29.2 Å². The van der Waals surface area contributed by atoms with Crippen LogP contribution in [0.3, 0.4) is 0 Å². The summed E-state index contributed by atoms with van der Waals surface area (Å²) < 4.78 is 18.9. The lowest BCUT2D eigenvalue weighted by Gasteiger charge is -2.08. The minimum Gasteiger partial charge on any atom is -0.454 e. The van der Waals surface area contributed by atoms with Gasteiger partial charge in [0.1, 0.15) is 12.4 Å². The fraction of sp³-hybridized carbons (Fsp3) is 0.133. The Balaban J connectivity index is 1.84. The molecule has 120 valence electrons. The van der Waals surface area contributed by atoms with Crippen LogP contribution in [0.4, 0.5) is 10.1 Å². The number of hydrogen-bond acceptors (Lipinski definition) is 4. The number of hydrogen-bond donors (Lipinski definition) is 1. The Morgan fingerprint density at radius 1 is 1.26 bits per heavy atom. The van der Waals surface area contributed by atoms with Crippen LogP contribution in [0, 0.1) is 5.82 Å². The Hall–Kier alpha value is -2.67. The smallest absolute Gasteiger partial charge is 0.326 e. The first-order chi connectivity index (χ1) is 11.0. The summed E-state index contributed by atoms with van der Waals surface area (Å²) in [6, 6.07) is 8.11. The third-order valence-electron chi connectivity index (χ3n) is 2.77. The second-order valence-corrected chi connectivity index (χ2v) is 4.91. The zero-order valence-electron chi connectivity index (χ0n) is 11.8. The third-order valence-corrected chi connectivity index (χ3v) is 3.06. The molecule has 0 aliphatic heterocycles. The standard InChI is InChI=1S/C15H12ClFN2O4/c16-11-7-10(4-5-12(11)17)18-13(20)9-23-15(22)8-19-6-2-1-3-14(19)21/h1-7H,8-9H2,(H,18,20). The number of halogens is 2. The molecule has 2 rings (SSSR count). The van der Waals surface area contributed by atoms with Gasteiger partial charge >= 0.3 is 5.97 Å². The van der Waals surface area contributed by atoms with Crippen molar-refractivity contribution in [1.82, 2.24) is 4.57 Å². The maximum atomic E-state index is 13.0. The van der Waals surface area contributed by atoms with Gasteiger partial charge in [-0.3, -0.25) is 14.4 Å². The van der Waals surface area contributed by atoms with E-state index < -0.39 is 24.3 Å². The van der Waals surface area contributed by atoms with E-state index in [1.807, 2.05) is 0 Å². The molecule has 1 heterocycles. The molecule has 1 amide bonds. The molecule has 1 N–H and O–H groups in total. The zero-order chi connectivity index (χ0) is 16.8. The Labute approximate surface area is 135 Å². The lowest BCUT2D eigenvalue weighted by Crippen LogP contribution is -2.26. The molecule has 0 radical (unpaired) electrons. The molecule has 0 fully saturated rings. The predicted molar refractivity (Wildman–Crippen MR) is 81.7 cm³/mol. The first-order valence-electron chi connectivity index (χ1n) is 6.51. The van der Waals surface area contributed by atoms with Gasteiger partial charge in [0.25, 0.3) is 11.5 Å². The van der Waals surface area contributed by atoms with Crippen molar-refractivity contribution < 1.29 is 18.7 Å². The molecule has 0 atom stereocenters. The van der Waals surface area contributed by atoms with Gasteiger partial charge in [-0.2, -0.15) is 0 Å². The highest BCUT2D eigenvalue weighted by molar-refractivity contribution is 6.31. The number of carbonyl (C=O) groups is 2. The molecular formula is C15H12ClFN2O4. The second kappa shape index (κ2) is 7.55. The van der Waals surface area contributed by atoms with Crippen molar-refractivity contribution in [3.8, 4) is 0 Å². The van der Waals surface area contributed by atoms with Crippen LogP contribution >= 0.6 is 11.6 Å². The Kier molecular flexibility index (Phi) is 5.48. The van der Waals surface area contributed by atoms with Gasteiger partial charge in [-0.1, -0.05) is 17.7 Å². The molecule has 0 aliphatic carbocycles. The van der Waals surface area contributed by atoms with Gasteiger partial charge in [0.15, 0.2) is 6.61 Å². The maximum Gasteiger partial charge on any atom is 0.326 e. The van der Waals surface area contributed by atoms with Crippen molar-refractivity contribution in [3.63, 3.8) is 0 Å². The summed E-state index contributed by atoms with van der Waals surface area (Å²) in [5.41, 5.74) is -0.0772. The number of nitrogens with zero attached hydrogens (tertiary/aromatic N) is 1. The minimum absolute atomic E-state index is 0.136. The zero-order valence-corrected chi connectivity index (χ0v) is 12.5. The highest BCUT2D eigenvalue weighted by Crippen LogP contribution is 2.19. The number of pyridine rings is 1. The molecule has 1 aromatic heterocycles. The molecule has 0 saturated carbocycles. The molecule has 6 nitrogen and oxygen atoms in total. The van der Waals surface area contributed by atoms with E-state index in [0.29, 0.717) is 0 Å². The van der Waals surface area contributed by atoms with Crippen molar-refractivity contribution in [3.05, 3.63) is 63.8 Å². The molecule has 8 heteroatoms. The van der Waals surface area contributed by atoms with E-state index in [0.717, 1.165) is 10.6 Å². The van der Waals surface area contributed by atoms with Crippen LogP contribution < -0.4 is 10.9 Å². The third kappa shape index (κ3) is 4.93. The highest BCUT2D eigenvalue weighted by atomic mass is 35.5. The summed E-state index contributed by atoms with van der Waals surface area (Å²) >= 11 is 5.59. The van der Waals surface area contributed by atoms with Crippen LogP contribution in [0.5, 0.6) is 0 Å². The molecule has 0 unspecified atom stereocenters. The predicted octanol–water partition coefficient (Wildman–Crippen LogP) is 1.82. The van der Waals surface area contributed by atoms with Crippen LogP contribution in [0.2, 0.25) is 5.02 Å². The number of rotatable bonds is 5. The van der Waals surface area contributed by atoms with Crippen LogP contribution in [0.1, 0.15) is 0 Å². The second-order valence-electron chi connectivity index (χ2n) is 4.50. The van der Waals surface area contributed by atoms with E-state index in [-0.39, 0.29) is 22.8 Å². The Bertz CT molecular complexity index is 791. The van der Waals surface area contributed by atoms with Gasteiger partial charge in [0, 0.05) is 18.0 Å². The van der Waals surface area contributed by atoms with Crippen LogP contribution in [-0.2, 0) is 20.9 Å². The van der Waals surface area contributed by atoms with Gasteiger partial charge in [-0.25, -0.2) is 4.39 Å². The van der Waals surface area contributed by atoms with Gasteiger partial charge < -0.3 is 14.6 Å². The number of amides is 1. The molecule has 0 saturated heterocycles. The fourth-order valence-corrected chi connectivity index (χ4v) is 1.87. The van der Waals surface area contributed by atoms with E-state index >= 15 is 0 Å². The minimum atomic E-state index is -0.731. The number of esters is 1. The summed E-state index contributed by atoms with van der Waals surface area (Å²) in [6.45, 7) is -0.829. The van der Waals surface area contributed by atoms with E-state index in [4.69, 9.17) is 16.3 Å². The molecular weight excluding hydrogens is 327 g/mol. The largest absolute Gasteiger partial charge is 0.454 e. The van der Waals surface area contributed by atoms with Gasteiger partial charge in [0.2, 0.25) is 0 Å². The molecule has 0 spiro atoms. The first-order valence-corrected chi connectivity index (χ1v) is 6.89. The number of nitrogens with one attached hydrogen (secondary N) is 1. The van der Waals surface area contributed by atoms with Crippen LogP contribution in [-0.4, -0.2) is 23.1 Å². The molecule has 0 bridgehead atoms. The van der Waals surface area contributed by atoms with Gasteiger partial charge in [0.05, 0.1) is 5.02 Å². The molecule has 1 aromatic carbocycles. The van der Waals surface area contributed by atoms with Gasteiger partial charge in [-0.15, -0.1) is 0 Å². The number of anilines is 1. The summed E-state index contributed by atoms with van der Waals surface area (Å²) in [6.07, 6.45) is 1.43. The first kappa shape index (κ1) is 16.7. The average Bonchev–Trinajstić information content (AvgIpc) is 2.51. The van der Waals surface area contributed by atoms with Crippen molar-refractivity contribution in [1.29, 1.82) is 0 Å². The van der Waals surface area contributed by atoms with Crippen LogP contribution in [0.25, 0.3) is 0 Å². The van der Waals surface area contributed by atoms with Crippen molar-refractivity contribution in [2.24, 2.45) is 0 Å². The summed E-state index contributed by atoms with van der Waals surface area (Å²) in [5, 5.41) is 2.27. The van der Waals surface area contributed by atoms with E-state index in [1.165, 1.54) is 24.4 Å². The fourth-order valence-electron chi connectivity index (χ4n) is 1.69. The Morgan fingerprint density at radius 3 is 2.74 bits per heavy atom. The number of ether oxygens (including phenoxy) is 1. The van der Waals surface area contributed by atoms with E-state index in [9.17, 15) is 18.8 Å². The summed E-state index contributed by atoms with van der Waals surface area (Å²) in [4.78, 5) is 34.7. The lowest BCUT2D eigenvalue weighted by molar-refractivity contribution is -0.147. The summed E-state index contributed by atoms with van der Waals surface area (Å²) in [5.74, 6) is -1.95. The average molecular weight is 339 g/mol. The van der Waals surface area contributed by atoms with E-state index in [2.05, 4.69) is 5.32 Å². The van der Waals surface area contributed by atoms with E-state index in [1.54, 1.807) is 12.1 Å². The normalized spacial score (nSPS) is 10.2. The number of benzene rings is 1. The monoisotopic (exact) mass is 338 g/mol. The van der Waals surface area contributed by atoms with Crippen LogP contribution in [0.15, 0.2) is 47.4 Å². The molecule has 2 aromatic rings. The molecule has 0 aliphatic rings. The van der Waals surface area contributed by atoms with Crippen molar-refractivity contribution in [2.75, 3.05) is 11.9 Å². The number of aromatic nitrogens is 1.